The second kappa shape index (κ2) is 15.0. The molecule has 4 rings (SSSR count). The van der Waals surface area contributed by atoms with E-state index >= 15 is 0 Å². The Kier molecular flexibility index (Phi) is 10.9. The second-order valence-electron chi connectivity index (χ2n) is 10.4. The number of methoxy groups -OCH3 is 1. The van der Waals surface area contributed by atoms with Crippen LogP contribution >= 0.6 is 0 Å². The molecule has 0 bridgehead atoms. The SMILES string of the molecule is COc1cc(CC(=O)N(CCOc2ccc(C(=O)O)cc2)CCN2CCC(F)C2)ccc1NC(=O)Nc1ccccc1C. The van der Waals surface area contributed by atoms with Gasteiger partial charge in [0.05, 0.1) is 31.3 Å². The van der Waals surface area contributed by atoms with Gasteiger partial charge in [-0.2, -0.15) is 0 Å². The first kappa shape index (κ1) is 31.3. The van der Waals surface area contributed by atoms with Crippen molar-refractivity contribution in [2.24, 2.45) is 0 Å². The van der Waals surface area contributed by atoms with Crippen molar-refractivity contribution in [1.82, 2.24) is 9.80 Å². The highest BCUT2D eigenvalue weighted by Crippen LogP contribution is 2.27. The summed E-state index contributed by atoms with van der Waals surface area (Å²) in [6, 6.07) is 18.3. The molecule has 1 heterocycles. The topological polar surface area (TPSA) is 120 Å². The number of benzene rings is 3. The van der Waals surface area contributed by atoms with Crippen molar-refractivity contribution in [3.63, 3.8) is 0 Å². The smallest absolute Gasteiger partial charge is 0.335 e. The maximum atomic E-state index is 13.7. The zero-order valence-electron chi connectivity index (χ0n) is 24.3. The average molecular weight is 593 g/mol. The molecule has 0 radical (unpaired) electrons. The summed E-state index contributed by atoms with van der Waals surface area (Å²) in [5.74, 6) is -0.250. The molecule has 3 N–H and O–H groups in total. The van der Waals surface area contributed by atoms with E-state index in [1.165, 1.54) is 19.2 Å². The summed E-state index contributed by atoms with van der Waals surface area (Å²) in [5.41, 5.74) is 2.94. The summed E-state index contributed by atoms with van der Waals surface area (Å²) in [4.78, 5) is 40.8. The van der Waals surface area contributed by atoms with E-state index in [9.17, 15) is 18.8 Å². The molecule has 10 nitrogen and oxygen atoms in total. The van der Waals surface area contributed by atoms with Crippen LogP contribution in [0.4, 0.5) is 20.6 Å². The van der Waals surface area contributed by atoms with Gasteiger partial charge in [0.15, 0.2) is 0 Å². The van der Waals surface area contributed by atoms with Gasteiger partial charge < -0.3 is 30.1 Å². The fraction of sp³-hybridized carbons (Fsp3) is 0.344. The number of hydrogen-bond acceptors (Lipinski definition) is 6. The monoisotopic (exact) mass is 592 g/mol. The highest BCUT2D eigenvalue weighted by molar-refractivity contribution is 6.01. The average Bonchev–Trinajstić information content (AvgIpc) is 3.41. The van der Waals surface area contributed by atoms with E-state index in [2.05, 4.69) is 10.6 Å². The number of aromatic carboxylic acids is 1. The number of halogens is 1. The summed E-state index contributed by atoms with van der Waals surface area (Å²) in [6.45, 7) is 4.35. The van der Waals surface area contributed by atoms with Crippen molar-refractivity contribution in [1.29, 1.82) is 0 Å². The number of likely N-dealkylation sites (tertiary alicyclic amines) is 1. The van der Waals surface area contributed by atoms with Crippen LogP contribution in [0.25, 0.3) is 0 Å². The van der Waals surface area contributed by atoms with Gasteiger partial charge in [-0.15, -0.1) is 0 Å². The third-order valence-corrected chi connectivity index (χ3v) is 7.25. The van der Waals surface area contributed by atoms with Crippen LogP contribution in [0, 0.1) is 6.92 Å². The van der Waals surface area contributed by atoms with E-state index in [4.69, 9.17) is 14.6 Å². The van der Waals surface area contributed by atoms with Gasteiger partial charge >= 0.3 is 12.0 Å². The van der Waals surface area contributed by atoms with E-state index in [1.54, 1.807) is 35.2 Å². The molecule has 3 aromatic rings. The van der Waals surface area contributed by atoms with E-state index in [0.717, 1.165) is 5.56 Å². The number of carbonyl (C=O) groups excluding carboxylic acids is 2. The quantitative estimate of drug-likeness (QED) is 0.260. The predicted molar refractivity (Wildman–Crippen MR) is 162 cm³/mol. The molecule has 1 unspecified atom stereocenters. The first-order chi connectivity index (χ1) is 20.7. The maximum absolute atomic E-state index is 13.7. The molecule has 1 fully saturated rings. The van der Waals surface area contributed by atoms with Crippen LogP contribution in [0.3, 0.4) is 0 Å². The number of nitrogens with zero attached hydrogens (tertiary/aromatic N) is 2. The molecule has 228 valence electrons. The number of nitrogens with one attached hydrogen (secondary N) is 2. The third kappa shape index (κ3) is 9.17. The Morgan fingerprint density at radius 1 is 1.02 bits per heavy atom. The van der Waals surface area contributed by atoms with E-state index in [-0.39, 0.29) is 24.5 Å². The number of ether oxygens (including phenoxy) is 2. The highest BCUT2D eigenvalue weighted by Gasteiger charge is 2.23. The summed E-state index contributed by atoms with van der Waals surface area (Å²) in [7, 11) is 1.49. The van der Waals surface area contributed by atoms with E-state index < -0.39 is 18.2 Å². The molecule has 0 saturated carbocycles. The van der Waals surface area contributed by atoms with Crippen LogP contribution in [-0.4, -0.2) is 85.4 Å². The molecule has 3 aromatic carbocycles. The summed E-state index contributed by atoms with van der Waals surface area (Å²) in [5, 5.41) is 14.7. The Hall–Kier alpha value is -4.64. The molecular formula is C32H37FN4O6. The number of hydrogen-bond donors (Lipinski definition) is 3. The Bertz CT molecular complexity index is 1420. The molecule has 1 saturated heterocycles. The van der Waals surface area contributed by atoms with Gasteiger partial charge in [-0.05, 0) is 66.9 Å². The predicted octanol–water partition coefficient (Wildman–Crippen LogP) is 4.84. The Labute approximate surface area is 250 Å². The van der Waals surface area contributed by atoms with Gasteiger partial charge in [0, 0.05) is 31.9 Å². The normalized spacial score (nSPS) is 14.6. The lowest BCUT2D eigenvalue weighted by molar-refractivity contribution is -0.131. The van der Waals surface area contributed by atoms with E-state index in [1.807, 2.05) is 36.1 Å². The van der Waals surface area contributed by atoms with Crippen molar-refractivity contribution in [2.45, 2.75) is 25.9 Å². The number of alkyl halides is 1. The fourth-order valence-corrected chi connectivity index (χ4v) is 4.80. The van der Waals surface area contributed by atoms with Gasteiger partial charge in [0.25, 0.3) is 0 Å². The largest absolute Gasteiger partial charge is 0.495 e. The zero-order valence-corrected chi connectivity index (χ0v) is 24.3. The molecule has 1 aliphatic rings. The van der Waals surface area contributed by atoms with E-state index in [0.29, 0.717) is 67.6 Å². The number of carboxylic acids is 1. The van der Waals surface area contributed by atoms with Crippen LogP contribution in [0.2, 0.25) is 0 Å². The molecule has 43 heavy (non-hydrogen) atoms. The summed E-state index contributed by atoms with van der Waals surface area (Å²) < 4.78 is 25.0. The maximum Gasteiger partial charge on any atom is 0.335 e. The van der Waals surface area contributed by atoms with Crippen LogP contribution in [0.1, 0.15) is 27.9 Å². The molecule has 0 spiro atoms. The summed E-state index contributed by atoms with van der Waals surface area (Å²) >= 11 is 0. The molecule has 3 amide bonds. The van der Waals surface area contributed by atoms with Crippen molar-refractivity contribution >= 4 is 29.3 Å². The number of para-hydroxylation sites is 1. The van der Waals surface area contributed by atoms with Crippen molar-refractivity contribution in [3.05, 3.63) is 83.4 Å². The molecule has 0 aliphatic carbocycles. The second-order valence-corrected chi connectivity index (χ2v) is 10.4. The number of rotatable bonds is 13. The molecule has 1 aliphatic heterocycles. The lowest BCUT2D eigenvalue weighted by Crippen LogP contribution is -2.41. The molecule has 11 heteroatoms. The van der Waals surface area contributed by atoms with Gasteiger partial charge in [-0.25, -0.2) is 14.0 Å². The van der Waals surface area contributed by atoms with Gasteiger partial charge in [0.1, 0.15) is 24.3 Å². The lowest BCUT2D eigenvalue weighted by atomic mass is 10.1. The van der Waals surface area contributed by atoms with Crippen LogP contribution in [-0.2, 0) is 11.2 Å². The third-order valence-electron chi connectivity index (χ3n) is 7.25. The minimum Gasteiger partial charge on any atom is -0.495 e. The first-order valence-electron chi connectivity index (χ1n) is 14.1. The van der Waals surface area contributed by atoms with Gasteiger partial charge in [-0.3, -0.25) is 9.69 Å². The Morgan fingerprint density at radius 3 is 2.44 bits per heavy atom. The Morgan fingerprint density at radius 2 is 1.77 bits per heavy atom. The lowest BCUT2D eigenvalue weighted by Gasteiger charge is -2.26. The first-order valence-corrected chi connectivity index (χ1v) is 14.1. The van der Waals surface area contributed by atoms with Crippen LogP contribution in [0.15, 0.2) is 66.7 Å². The highest BCUT2D eigenvalue weighted by atomic mass is 19.1. The number of aryl methyl sites for hydroxylation is 1. The number of anilines is 2. The van der Waals surface area contributed by atoms with Crippen molar-refractivity contribution in [2.75, 3.05) is 57.1 Å². The summed E-state index contributed by atoms with van der Waals surface area (Å²) in [6.07, 6.45) is -0.267. The molecule has 0 aromatic heterocycles. The number of urea groups is 1. The number of amides is 3. The molecular weight excluding hydrogens is 555 g/mol. The number of carbonyl (C=O) groups is 3. The standard InChI is InChI=1S/C32H37FN4O6/c1-22-5-3-4-6-27(22)34-32(41)35-28-12-7-23(19-29(28)42-2)20-30(38)37(16-15-36-14-13-25(33)21-36)17-18-43-26-10-8-24(9-11-26)31(39)40/h3-12,19,25H,13-18,20-21H2,1-2H3,(H,39,40)(H2,34,35,41). The molecule has 1 atom stereocenters. The number of carboxylic acid groups (broad SMARTS) is 1. The van der Waals surface area contributed by atoms with Gasteiger partial charge in [-0.1, -0.05) is 24.3 Å². The zero-order chi connectivity index (χ0) is 30.8. The Balaban J connectivity index is 1.38. The fourth-order valence-electron chi connectivity index (χ4n) is 4.80. The van der Waals surface area contributed by atoms with Crippen LogP contribution in [0.5, 0.6) is 11.5 Å². The minimum absolute atomic E-state index is 0.0884. The minimum atomic E-state index is -1.02. The van der Waals surface area contributed by atoms with Gasteiger partial charge in [0.2, 0.25) is 5.91 Å². The van der Waals surface area contributed by atoms with Crippen molar-refractivity contribution < 1.29 is 33.4 Å². The van der Waals surface area contributed by atoms with Crippen molar-refractivity contribution in [3.8, 4) is 11.5 Å². The van der Waals surface area contributed by atoms with Crippen LogP contribution < -0.4 is 20.1 Å².